The van der Waals surface area contributed by atoms with Crippen LogP contribution >= 0.6 is 0 Å². The molecule has 3 aliphatic rings. The molecule has 3 nitrogen and oxygen atoms in total. The van der Waals surface area contributed by atoms with E-state index in [2.05, 4.69) is 20.8 Å². The number of carbonyl (C=O) groups excluding carboxylic acids is 1. The smallest absolute Gasteiger partial charge is 0.339 e. The van der Waals surface area contributed by atoms with Crippen molar-refractivity contribution in [3.05, 3.63) is 0 Å². The van der Waals surface area contributed by atoms with Crippen molar-refractivity contribution in [3.8, 4) is 0 Å². The van der Waals surface area contributed by atoms with Crippen molar-refractivity contribution in [2.75, 3.05) is 6.61 Å². The van der Waals surface area contributed by atoms with E-state index in [-0.39, 0.29) is 11.6 Å². The van der Waals surface area contributed by atoms with Crippen LogP contribution in [0.4, 0.5) is 0 Å². The van der Waals surface area contributed by atoms with Crippen molar-refractivity contribution in [2.24, 2.45) is 17.8 Å². The molecule has 0 aromatic carbocycles. The van der Waals surface area contributed by atoms with Gasteiger partial charge in [-0.2, -0.15) is 0 Å². The van der Waals surface area contributed by atoms with E-state index < -0.39 is 5.60 Å². The number of rotatable bonds is 1. The van der Waals surface area contributed by atoms with Gasteiger partial charge in [-0.05, 0) is 51.4 Å². The Balaban J connectivity index is 1.90. The van der Waals surface area contributed by atoms with E-state index in [1.807, 2.05) is 0 Å². The zero-order valence-corrected chi connectivity index (χ0v) is 13.8. The third-order valence-corrected chi connectivity index (χ3v) is 6.11. The normalized spacial score (nSPS) is 41.0. The Hall–Kier alpha value is -0.570. The van der Waals surface area contributed by atoms with Crippen molar-refractivity contribution in [2.45, 2.75) is 83.3 Å². The van der Waals surface area contributed by atoms with Gasteiger partial charge >= 0.3 is 5.97 Å². The summed E-state index contributed by atoms with van der Waals surface area (Å²) >= 11 is 0. The van der Waals surface area contributed by atoms with Gasteiger partial charge in [0.2, 0.25) is 0 Å². The lowest BCUT2D eigenvalue weighted by molar-refractivity contribution is -0.327. The maximum absolute atomic E-state index is 12.8. The Bertz CT molecular complexity index is 397. The first-order chi connectivity index (χ1) is 9.97. The van der Waals surface area contributed by atoms with E-state index in [0.29, 0.717) is 24.4 Å². The van der Waals surface area contributed by atoms with Gasteiger partial charge in [0.15, 0.2) is 5.60 Å². The monoisotopic (exact) mass is 294 g/mol. The predicted molar refractivity (Wildman–Crippen MR) is 81.9 cm³/mol. The Morgan fingerprint density at radius 1 is 1.00 bits per heavy atom. The molecule has 3 rings (SSSR count). The van der Waals surface area contributed by atoms with Crippen molar-refractivity contribution in [1.82, 2.24) is 0 Å². The Kier molecular flexibility index (Phi) is 4.06. The molecule has 0 aromatic rings. The summed E-state index contributed by atoms with van der Waals surface area (Å²) in [6.07, 6.45) is 9.27. The van der Waals surface area contributed by atoms with E-state index in [4.69, 9.17) is 9.47 Å². The molecular weight excluding hydrogens is 264 g/mol. The van der Waals surface area contributed by atoms with Crippen LogP contribution in [0.25, 0.3) is 0 Å². The van der Waals surface area contributed by atoms with Crippen LogP contribution < -0.4 is 0 Å². The molecule has 2 aliphatic heterocycles. The molecule has 0 unspecified atom stereocenters. The predicted octanol–water partition coefficient (Wildman–Crippen LogP) is 4.09. The number of fused-ring (bicyclic) bond motifs is 1. The maximum atomic E-state index is 12.8. The van der Waals surface area contributed by atoms with E-state index in [9.17, 15) is 4.79 Å². The highest BCUT2D eigenvalue weighted by Crippen LogP contribution is 2.57. The summed E-state index contributed by atoms with van der Waals surface area (Å²) < 4.78 is 12.0. The van der Waals surface area contributed by atoms with E-state index in [1.165, 1.54) is 25.7 Å². The van der Waals surface area contributed by atoms with Crippen LogP contribution in [0.2, 0.25) is 0 Å². The van der Waals surface area contributed by atoms with Crippen LogP contribution in [-0.2, 0) is 14.3 Å². The molecule has 0 N–H and O–H groups in total. The molecule has 3 fully saturated rings. The molecule has 21 heavy (non-hydrogen) atoms. The summed E-state index contributed by atoms with van der Waals surface area (Å²) in [5.41, 5.74) is -0.811. The minimum atomic E-state index is -0.631. The SMILES string of the molecule is C[C@@H]1CCOC(=O)[C@]2(C3CCCCC3)OC(C)(C)[C@@H]2CC1. The van der Waals surface area contributed by atoms with E-state index in [0.717, 1.165) is 25.7 Å². The second-order valence-electron chi connectivity index (χ2n) is 7.99. The fourth-order valence-electron chi connectivity index (χ4n) is 4.91. The minimum absolute atomic E-state index is 0.0622. The van der Waals surface area contributed by atoms with E-state index >= 15 is 0 Å². The highest BCUT2D eigenvalue weighted by atomic mass is 16.6. The quantitative estimate of drug-likeness (QED) is 0.683. The number of hydrogen-bond acceptors (Lipinski definition) is 3. The zero-order chi connectivity index (χ0) is 15.1. The van der Waals surface area contributed by atoms with Gasteiger partial charge in [-0.3, -0.25) is 0 Å². The van der Waals surface area contributed by atoms with Crippen LogP contribution in [-0.4, -0.2) is 23.8 Å². The van der Waals surface area contributed by atoms with E-state index in [1.54, 1.807) is 0 Å². The number of cyclic esters (lactones) is 1. The third-order valence-electron chi connectivity index (χ3n) is 6.11. The van der Waals surface area contributed by atoms with Gasteiger partial charge < -0.3 is 9.47 Å². The Labute approximate surface area is 128 Å². The summed E-state index contributed by atoms with van der Waals surface area (Å²) in [6, 6.07) is 0. The van der Waals surface area contributed by atoms with Crippen LogP contribution in [0.3, 0.4) is 0 Å². The van der Waals surface area contributed by atoms with Crippen molar-refractivity contribution in [3.63, 3.8) is 0 Å². The number of esters is 1. The lowest BCUT2D eigenvalue weighted by Gasteiger charge is -2.61. The lowest BCUT2D eigenvalue weighted by atomic mass is 9.59. The van der Waals surface area contributed by atoms with Gasteiger partial charge in [0, 0.05) is 5.92 Å². The average molecular weight is 294 g/mol. The second kappa shape index (κ2) is 5.57. The molecule has 3 atom stereocenters. The van der Waals surface area contributed by atoms with Gasteiger partial charge in [0.1, 0.15) is 0 Å². The molecular formula is C18H30O3. The molecule has 120 valence electrons. The van der Waals surface area contributed by atoms with Gasteiger partial charge in [0.05, 0.1) is 12.2 Å². The van der Waals surface area contributed by atoms with Crippen LogP contribution in [0.1, 0.15) is 72.1 Å². The molecule has 0 radical (unpaired) electrons. The van der Waals surface area contributed by atoms with Crippen LogP contribution in [0, 0.1) is 17.8 Å². The van der Waals surface area contributed by atoms with Gasteiger partial charge in [-0.1, -0.05) is 32.6 Å². The summed E-state index contributed by atoms with van der Waals surface area (Å²) in [7, 11) is 0. The number of ether oxygens (including phenoxy) is 2. The third kappa shape index (κ3) is 2.52. The van der Waals surface area contributed by atoms with Crippen molar-refractivity contribution < 1.29 is 14.3 Å². The first-order valence-corrected chi connectivity index (χ1v) is 8.84. The van der Waals surface area contributed by atoms with Gasteiger partial charge in [-0.25, -0.2) is 4.79 Å². The second-order valence-corrected chi connectivity index (χ2v) is 7.99. The summed E-state index contributed by atoms with van der Waals surface area (Å²) in [5.74, 6) is 1.26. The molecule has 0 amide bonds. The zero-order valence-electron chi connectivity index (χ0n) is 13.8. The summed E-state index contributed by atoms with van der Waals surface area (Å²) in [4.78, 5) is 12.8. The van der Waals surface area contributed by atoms with Gasteiger partial charge in [0.25, 0.3) is 0 Å². The molecule has 1 aliphatic carbocycles. The van der Waals surface area contributed by atoms with Crippen LogP contribution in [0.5, 0.6) is 0 Å². The van der Waals surface area contributed by atoms with Crippen LogP contribution in [0.15, 0.2) is 0 Å². The van der Waals surface area contributed by atoms with Gasteiger partial charge in [-0.15, -0.1) is 0 Å². The minimum Gasteiger partial charge on any atom is -0.464 e. The fourth-order valence-corrected chi connectivity index (χ4v) is 4.91. The first-order valence-electron chi connectivity index (χ1n) is 8.84. The fraction of sp³-hybridized carbons (Fsp3) is 0.944. The molecule has 0 aromatic heterocycles. The summed E-state index contributed by atoms with van der Waals surface area (Å²) in [5, 5.41) is 0. The van der Waals surface area contributed by atoms with Crippen molar-refractivity contribution >= 4 is 5.97 Å². The molecule has 2 heterocycles. The lowest BCUT2D eigenvalue weighted by Crippen LogP contribution is -2.73. The largest absolute Gasteiger partial charge is 0.464 e. The average Bonchev–Trinajstić information content (AvgIpc) is 2.49. The molecule has 0 spiro atoms. The first kappa shape index (κ1) is 15.3. The molecule has 0 bridgehead atoms. The topological polar surface area (TPSA) is 35.5 Å². The molecule has 1 saturated carbocycles. The summed E-state index contributed by atoms with van der Waals surface area (Å²) in [6.45, 7) is 7.13. The molecule has 2 saturated heterocycles. The highest BCUT2D eigenvalue weighted by Gasteiger charge is 2.68. The highest BCUT2D eigenvalue weighted by molar-refractivity contribution is 5.82. The number of hydrogen-bond donors (Lipinski definition) is 0. The maximum Gasteiger partial charge on any atom is 0.339 e. The Morgan fingerprint density at radius 3 is 2.38 bits per heavy atom. The Morgan fingerprint density at radius 2 is 1.71 bits per heavy atom. The number of carbonyl (C=O) groups is 1. The van der Waals surface area contributed by atoms with Crippen molar-refractivity contribution in [1.29, 1.82) is 0 Å². The molecule has 3 heteroatoms. The standard InChI is InChI=1S/C18H30O3/c1-13-9-10-15-17(2,3)21-18(15,16(19)20-12-11-13)14-7-5-4-6-8-14/h13-15H,4-12H2,1-3H3/t13-,15-,18+/m0/s1.